The van der Waals surface area contributed by atoms with Gasteiger partial charge in [-0.2, -0.15) is 13.2 Å². The molecule has 4 aromatic rings. The highest BCUT2D eigenvalue weighted by atomic mass is 19.4. The minimum atomic E-state index is -4.50. The van der Waals surface area contributed by atoms with Crippen molar-refractivity contribution in [1.82, 2.24) is 24.6 Å². The molecule has 1 aromatic carbocycles. The van der Waals surface area contributed by atoms with E-state index in [0.717, 1.165) is 12.1 Å². The number of alkyl halides is 3. The highest BCUT2D eigenvalue weighted by Crippen LogP contribution is 2.33. The van der Waals surface area contributed by atoms with E-state index in [1.807, 2.05) is 0 Å². The number of hydrogen-bond acceptors (Lipinski definition) is 5. The molecule has 0 saturated carbocycles. The van der Waals surface area contributed by atoms with Crippen LogP contribution >= 0.6 is 0 Å². The highest BCUT2D eigenvalue weighted by molar-refractivity contribution is 5.86. The van der Waals surface area contributed by atoms with Gasteiger partial charge in [0.25, 0.3) is 5.56 Å². The van der Waals surface area contributed by atoms with Gasteiger partial charge in [0.05, 0.1) is 34.2 Å². The molecule has 0 fully saturated rings. The van der Waals surface area contributed by atoms with E-state index in [-0.39, 0.29) is 23.5 Å². The minimum Gasteiger partial charge on any atom is -0.396 e. The van der Waals surface area contributed by atoms with E-state index in [1.165, 1.54) is 18.3 Å². The fourth-order valence-corrected chi connectivity index (χ4v) is 2.98. The zero-order valence-corrected chi connectivity index (χ0v) is 14.3. The molecule has 8 nitrogen and oxygen atoms in total. The largest absolute Gasteiger partial charge is 0.416 e. The monoisotopic (exact) mass is 392 g/mol. The Labute approximate surface area is 155 Å². The van der Waals surface area contributed by atoms with Gasteiger partial charge in [-0.25, -0.2) is 9.97 Å². The summed E-state index contributed by atoms with van der Waals surface area (Å²) < 4.78 is 41.0. The number of aliphatic hydroxyl groups excluding tert-OH is 1. The second-order valence-electron chi connectivity index (χ2n) is 6.14. The third-order valence-electron chi connectivity index (χ3n) is 4.25. The number of halogens is 3. The third-order valence-corrected chi connectivity index (χ3v) is 4.25. The lowest BCUT2D eigenvalue weighted by Crippen LogP contribution is -2.09. The first-order valence-electron chi connectivity index (χ1n) is 8.39. The standard InChI is InChI=1S/C17H15F3N6O2/c18-17(19,20)9-2-3-12-10(6-9)23-15(21-4-1-5-27)16-22-8-13(26(12)16)11-7-14(28)25-24-11/h2-3,6-8,27H,1,4-5H2,(H,21,23)(H2,24,25,28). The van der Waals surface area contributed by atoms with Gasteiger partial charge in [0.1, 0.15) is 0 Å². The molecule has 0 bridgehead atoms. The number of aromatic amines is 2. The maximum absolute atomic E-state index is 13.1. The van der Waals surface area contributed by atoms with Crippen LogP contribution in [-0.2, 0) is 6.18 Å². The molecule has 0 unspecified atom stereocenters. The summed E-state index contributed by atoms with van der Waals surface area (Å²) >= 11 is 0. The van der Waals surface area contributed by atoms with Crippen LogP contribution in [0.4, 0.5) is 19.0 Å². The average molecular weight is 392 g/mol. The smallest absolute Gasteiger partial charge is 0.396 e. The molecule has 28 heavy (non-hydrogen) atoms. The van der Waals surface area contributed by atoms with Gasteiger partial charge in [-0.1, -0.05) is 0 Å². The molecule has 4 rings (SSSR count). The SMILES string of the molecule is O=c1cc(-c2cnc3c(NCCCO)nc4cc(C(F)(F)F)ccc4n23)[nH][nH]1. The molecular weight excluding hydrogens is 377 g/mol. The Hall–Kier alpha value is -3.34. The quantitative estimate of drug-likeness (QED) is 0.390. The molecule has 0 aliphatic rings. The Morgan fingerprint density at radius 3 is 2.71 bits per heavy atom. The number of nitrogens with zero attached hydrogens (tertiary/aromatic N) is 3. The second-order valence-corrected chi connectivity index (χ2v) is 6.14. The number of imidazole rings is 1. The molecule has 146 valence electrons. The molecular formula is C17H15F3N6O2. The average Bonchev–Trinajstić information content (AvgIpc) is 3.27. The fourth-order valence-electron chi connectivity index (χ4n) is 2.98. The second kappa shape index (κ2) is 6.68. The molecule has 0 atom stereocenters. The van der Waals surface area contributed by atoms with Gasteiger partial charge < -0.3 is 10.4 Å². The first-order valence-corrected chi connectivity index (χ1v) is 8.39. The summed E-state index contributed by atoms with van der Waals surface area (Å²) in [5.74, 6) is 0.282. The number of aromatic nitrogens is 5. The van der Waals surface area contributed by atoms with Crippen LogP contribution in [0, 0.1) is 0 Å². The molecule has 0 amide bonds. The summed E-state index contributed by atoms with van der Waals surface area (Å²) in [5.41, 5.74) is 0.684. The van der Waals surface area contributed by atoms with Gasteiger partial charge in [-0.15, -0.1) is 0 Å². The lowest BCUT2D eigenvalue weighted by Gasteiger charge is -2.13. The number of nitrogens with one attached hydrogen (secondary N) is 3. The normalized spacial score (nSPS) is 12.1. The van der Waals surface area contributed by atoms with Crippen molar-refractivity contribution in [3.05, 3.63) is 46.4 Å². The number of aliphatic hydroxyl groups is 1. The predicted molar refractivity (Wildman–Crippen MR) is 96.1 cm³/mol. The molecule has 0 radical (unpaired) electrons. The molecule has 0 aliphatic heterocycles. The van der Waals surface area contributed by atoms with Crippen molar-refractivity contribution in [3.63, 3.8) is 0 Å². The number of H-pyrrole nitrogens is 2. The molecule has 4 N–H and O–H groups in total. The zero-order chi connectivity index (χ0) is 19.9. The van der Waals surface area contributed by atoms with Gasteiger partial charge in [0.2, 0.25) is 0 Å². The van der Waals surface area contributed by atoms with Gasteiger partial charge in [-0.05, 0) is 24.6 Å². The van der Waals surface area contributed by atoms with Crippen LogP contribution in [0.5, 0.6) is 0 Å². The molecule has 0 spiro atoms. The van der Waals surface area contributed by atoms with Gasteiger partial charge >= 0.3 is 6.18 Å². The summed E-state index contributed by atoms with van der Waals surface area (Å²) in [6, 6.07) is 4.60. The molecule has 0 aliphatic carbocycles. The lowest BCUT2D eigenvalue weighted by atomic mass is 10.2. The molecule has 3 heterocycles. The Morgan fingerprint density at radius 2 is 2.04 bits per heavy atom. The molecule has 11 heteroatoms. The maximum Gasteiger partial charge on any atom is 0.416 e. The van der Waals surface area contributed by atoms with E-state index in [4.69, 9.17) is 5.11 Å². The fraction of sp³-hybridized carbons (Fsp3) is 0.235. The summed E-state index contributed by atoms with van der Waals surface area (Å²) in [6.07, 6.45) is -2.56. The van der Waals surface area contributed by atoms with Crippen LogP contribution in [0.25, 0.3) is 28.1 Å². The summed E-state index contributed by atoms with van der Waals surface area (Å²) in [7, 11) is 0. The number of rotatable bonds is 5. The number of benzene rings is 1. The van der Waals surface area contributed by atoms with E-state index < -0.39 is 11.7 Å². The van der Waals surface area contributed by atoms with Gasteiger partial charge in [0, 0.05) is 19.2 Å². The van der Waals surface area contributed by atoms with Crippen molar-refractivity contribution in [1.29, 1.82) is 0 Å². The molecule has 0 saturated heterocycles. The van der Waals surface area contributed by atoms with Crippen molar-refractivity contribution >= 4 is 22.5 Å². The number of hydrogen-bond donors (Lipinski definition) is 4. The predicted octanol–water partition coefficient (Wildman–Crippen LogP) is 2.38. The Morgan fingerprint density at radius 1 is 1.21 bits per heavy atom. The van der Waals surface area contributed by atoms with Crippen molar-refractivity contribution in [3.8, 4) is 11.4 Å². The Bertz CT molecular complexity index is 1210. The number of fused-ring (bicyclic) bond motifs is 3. The van der Waals surface area contributed by atoms with Crippen molar-refractivity contribution < 1.29 is 18.3 Å². The lowest BCUT2D eigenvalue weighted by molar-refractivity contribution is -0.137. The van der Waals surface area contributed by atoms with Crippen LogP contribution in [0.15, 0.2) is 35.3 Å². The van der Waals surface area contributed by atoms with E-state index in [2.05, 4.69) is 25.5 Å². The van der Waals surface area contributed by atoms with Crippen LogP contribution in [0.2, 0.25) is 0 Å². The first-order chi connectivity index (χ1) is 13.4. The Balaban J connectivity index is 1.99. The van der Waals surface area contributed by atoms with Crippen molar-refractivity contribution in [2.75, 3.05) is 18.5 Å². The zero-order valence-electron chi connectivity index (χ0n) is 14.3. The maximum atomic E-state index is 13.1. The third kappa shape index (κ3) is 3.09. The van der Waals surface area contributed by atoms with Gasteiger partial charge in [0.15, 0.2) is 11.5 Å². The van der Waals surface area contributed by atoms with E-state index >= 15 is 0 Å². The van der Waals surface area contributed by atoms with Crippen molar-refractivity contribution in [2.45, 2.75) is 12.6 Å². The first kappa shape index (κ1) is 18.0. The number of anilines is 1. The summed E-state index contributed by atoms with van der Waals surface area (Å²) in [4.78, 5) is 20.1. The van der Waals surface area contributed by atoms with Gasteiger partial charge in [-0.3, -0.25) is 19.4 Å². The van der Waals surface area contributed by atoms with Crippen LogP contribution in [0.1, 0.15) is 12.0 Å². The minimum absolute atomic E-state index is 0.0423. The Kier molecular flexibility index (Phi) is 4.30. The van der Waals surface area contributed by atoms with Crippen LogP contribution in [0.3, 0.4) is 0 Å². The van der Waals surface area contributed by atoms with E-state index in [0.29, 0.717) is 35.5 Å². The summed E-state index contributed by atoms with van der Waals surface area (Å²) in [6.45, 7) is 0.326. The van der Waals surface area contributed by atoms with E-state index in [1.54, 1.807) is 4.40 Å². The van der Waals surface area contributed by atoms with Crippen LogP contribution < -0.4 is 10.9 Å². The van der Waals surface area contributed by atoms with E-state index in [9.17, 15) is 18.0 Å². The molecule has 3 aromatic heterocycles. The highest BCUT2D eigenvalue weighted by Gasteiger charge is 2.31. The topological polar surface area (TPSA) is 111 Å². The van der Waals surface area contributed by atoms with Crippen molar-refractivity contribution in [2.24, 2.45) is 0 Å². The summed E-state index contributed by atoms with van der Waals surface area (Å²) in [5, 5.41) is 17.1. The van der Waals surface area contributed by atoms with Crippen LogP contribution in [-0.4, -0.2) is 42.8 Å².